The van der Waals surface area contributed by atoms with Crippen molar-refractivity contribution in [2.24, 2.45) is 0 Å². The van der Waals surface area contributed by atoms with E-state index in [-0.39, 0.29) is 11.7 Å². The molecular weight excluding hydrogens is 190 g/mol. The van der Waals surface area contributed by atoms with Gasteiger partial charge in [0.25, 0.3) is 0 Å². The van der Waals surface area contributed by atoms with Crippen LogP contribution in [0.15, 0.2) is 36.4 Å². The molecule has 3 heteroatoms. The minimum absolute atomic E-state index is 0.0727. The maximum Gasteiger partial charge on any atom is 0.159 e. The third kappa shape index (κ3) is 2.06. The maximum atomic E-state index is 11.4. The van der Waals surface area contributed by atoms with Gasteiger partial charge in [-0.15, -0.1) is 0 Å². The summed E-state index contributed by atoms with van der Waals surface area (Å²) >= 11 is 0. The van der Waals surface area contributed by atoms with Gasteiger partial charge in [-0.1, -0.05) is 6.07 Å². The lowest BCUT2D eigenvalue weighted by atomic mass is 9.87. The van der Waals surface area contributed by atoms with Crippen LogP contribution in [0, 0.1) is 0 Å². The summed E-state index contributed by atoms with van der Waals surface area (Å²) < 4.78 is 5.19. The Balaban J connectivity index is 2.32. The van der Waals surface area contributed by atoms with E-state index in [9.17, 15) is 4.79 Å². The monoisotopic (exact) mass is 203 g/mol. The summed E-state index contributed by atoms with van der Waals surface area (Å²) in [7, 11) is 0. The number of carbonyl (C=O) groups is 1. The molecule has 78 valence electrons. The Kier molecular flexibility index (Phi) is 2.81. The highest BCUT2D eigenvalue weighted by Gasteiger charge is 2.23. The highest BCUT2D eigenvalue weighted by molar-refractivity contribution is 5.94. The third-order valence-electron chi connectivity index (χ3n) is 2.60. The molecule has 3 nitrogen and oxygen atoms in total. The third-order valence-corrected chi connectivity index (χ3v) is 2.60. The number of carbonyl (C=O) groups excluding carboxylic acids is 1. The SMILES string of the molecule is CC(=O)C1=COCCC1c1cccnc1. The average Bonchev–Trinajstić information content (AvgIpc) is 2.30. The Bertz CT molecular complexity index is 384. The van der Waals surface area contributed by atoms with Crippen LogP contribution in [0.25, 0.3) is 0 Å². The first-order valence-corrected chi connectivity index (χ1v) is 5.01. The molecular formula is C12H13NO2. The molecule has 0 aliphatic carbocycles. The molecule has 15 heavy (non-hydrogen) atoms. The summed E-state index contributed by atoms with van der Waals surface area (Å²) in [6.07, 6.45) is 5.98. The summed E-state index contributed by atoms with van der Waals surface area (Å²) in [4.78, 5) is 15.5. The second-order valence-electron chi connectivity index (χ2n) is 3.63. The second kappa shape index (κ2) is 4.26. The maximum absolute atomic E-state index is 11.4. The van der Waals surface area contributed by atoms with E-state index in [1.807, 2.05) is 18.3 Å². The molecule has 2 rings (SSSR count). The van der Waals surface area contributed by atoms with E-state index < -0.39 is 0 Å². The molecule has 0 radical (unpaired) electrons. The van der Waals surface area contributed by atoms with Gasteiger partial charge in [-0.3, -0.25) is 9.78 Å². The summed E-state index contributed by atoms with van der Waals surface area (Å²) in [5.41, 5.74) is 1.83. The van der Waals surface area contributed by atoms with E-state index in [0.29, 0.717) is 6.61 Å². The number of nitrogens with zero attached hydrogens (tertiary/aromatic N) is 1. The Morgan fingerprint density at radius 3 is 3.13 bits per heavy atom. The Labute approximate surface area is 88.8 Å². The molecule has 0 bridgehead atoms. The number of hydrogen-bond acceptors (Lipinski definition) is 3. The fourth-order valence-corrected chi connectivity index (χ4v) is 1.83. The molecule has 0 fully saturated rings. The van der Waals surface area contributed by atoms with Gasteiger partial charge in [0.1, 0.15) is 0 Å². The van der Waals surface area contributed by atoms with E-state index in [4.69, 9.17) is 4.74 Å². The summed E-state index contributed by atoms with van der Waals surface area (Å²) in [6, 6.07) is 3.89. The molecule has 1 aliphatic rings. The number of Topliss-reactive ketones (excluding diaryl/α,β-unsaturated/α-hetero) is 1. The van der Waals surface area contributed by atoms with E-state index >= 15 is 0 Å². The fourth-order valence-electron chi connectivity index (χ4n) is 1.83. The van der Waals surface area contributed by atoms with E-state index in [1.165, 1.54) is 0 Å². The Hall–Kier alpha value is -1.64. The zero-order valence-corrected chi connectivity index (χ0v) is 8.64. The van der Waals surface area contributed by atoms with Crippen LogP contribution in [-0.2, 0) is 9.53 Å². The quantitative estimate of drug-likeness (QED) is 0.738. The topological polar surface area (TPSA) is 39.2 Å². The lowest BCUT2D eigenvalue weighted by Gasteiger charge is -2.22. The molecule has 0 saturated carbocycles. The fraction of sp³-hybridized carbons (Fsp3) is 0.333. The number of aromatic nitrogens is 1. The molecule has 0 amide bonds. The van der Waals surface area contributed by atoms with Crippen LogP contribution in [0.4, 0.5) is 0 Å². The van der Waals surface area contributed by atoms with Gasteiger partial charge in [0.15, 0.2) is 5.78 Å². The van der Waals surface area contributed by atoms with Gasteiger partial charge in [0.05, 0.1) is 12.9 Å². The highest BCUT2D eigenvalue weighted by atomic mass is 16.5. The zero-order valence-electron chi connectivity index (χ0n) is 8.64. The summed E-state index contributed by atoms with van der Waals surface area (Å²) in [5, 5.41) is 0. The van der Waals surface area contributed by atoms with Crippen molar-refractivity contribution in [3.63, 3.8) is 0 Å². The molecule has 1 aliphatic heterocycles. The van der Waals surface area contributed by atoms with Crippen LogP contribution >= 0.6 is 0 Å². The largest absolute Gasteiger partial charge is 0.501 e. The normalized spacial score (nSPS) is 20.3. The Morgan fingerprint density at radius 2 is 2.47 bits per heavy atom. The van der Waals surface area contributed by atoms with E-state index in [2.05, 4.69) is 4.98 Å². The van der Waals surface area contributed by atoms with Crippen molar-refractivity contribution < 1.29 is 9.53 Å². The molecule has 1 aromatic heterocycles. The first kappa shape index (κ1) is 9.90. The van der Waals surface area contributed by atoms with Crippen LogP contribution < -0.4 is 0 Å². The van der Waals surface area contributed by atoms with Gasteiger partial charge >= 0.3 is 0 Å². The standard InChI is InChI=1S/C12H13NO2/c1-9(14)12-8-15-6-4-11(12)10-3-2-5-13-7-10/h2-3,5,7-8,11H,4,6H2,1H3. The van der Waals surface area contributed by atoms with Gasteiger partial charge in [-0.2, -0.15) is 0 Å². The number of allylic oxidation sites excluding steroid dienone is 1. The van der Waals surface area contributed by atoms with Crippen molar-refractivity contribution in [3.8, 4) is 0 Å². The minimum atomic E-state index is 0.0727. The van der Waals surface area contributed by atoms with E-state index in [0.717, 1.165) is 17.6 Å². The van der Waals surface area contributed by atoms with Crippen LogP contribution in [0.2, 0.25) is 0 Å². The molecule has 0 aromatic carbocycles. The smallest absolute Gasteiger partial charge is 0.159 e. The predicted molar refractivity (Wildman–Crippen MR) is 56.3 cm³/mol. The lowest BCUT2D eigenvalue weighted by molar-refractivity contribution is -0.114. The van der Waals surface area contributed by atoms with Crippen molar-refractivity contribution in [2.75, 3.05) is 6.61 Å². The molecule has 0 saturated heterocycles. The number of hydrogen-bond donors (Lipinski definition) is 0. The second-order valence-corrected chi connectivity index (χ2v) is 3.63. The molecule has 1 unspecified atom stereocenters. The van der Waals surface area contributed by atoms with Gasteiger partial charge in [0, 0.05) is 23.9 Å². The Morgan fingerprint density at radius 1 is 1.60 bits per heavy atom. The van der Waals surface area contributed by atoms with E-state index in [1.54, 1.807) is 19.4 Å². The van der Waals surface area contributed by atoms with Gasteiger partial charge in [-0.25, -0.2) is 0 Å². The lowest BCUT2D eigenvalue weighted by Crippen LogP contribution is -2.16. The van der Waals surface area contributed by atoms with Crippen LogP contribution in [-0.4, -0.2) is 17.4 Å². The minimum Gasteiger partial charge on any atom is -0.501 e. The molecule has 0 spiro atoms. The number of pyridine rings is 1. The first-order chi connectivity index (χ1) is 7.29. The van der Waals surface area contributed by atoms with Crippen molar-refractivity contribution in [1.29, 1.82) is 0 Å². The van der Waals surface area contributed by atoms with Crippen LogP contribution in [0.5, 0.6) is 0 Å². The number of ketones is 1. The number of ether oxygens (including phenoxy) is 1. The first-order valence-electron chi connectivity index (χ1n) is 5.01. The van der Waals surface area contributed by atoms with Gasteiger partial charge in [0.2, 0.25) is 0 Å². The average molecular weight is 203 g/mol. The van der Waals surface area contributed by atoms with Crippen molar-refractivity contribution >= 4 is 5.78 Å². The van der Waals surface area contributed by atoms with Crippen LogP contribution in [0.1, 0.15) is 24.8 Å². The number of rotatable bonds is 2. The predicted octanol–water partition coefficient (Wildman–Crippen LogP) is 2.06. The molecule has 1 aromatic rings. The van der Waals surface area contributed by atoms with Gasteiger partial charge < -0.3 is 4.74 Å². The highest BCUT2D eigenvalue weighted by Crippen LogP contribution is 2.30. The van der Waals surface area contributed by atoms with Crippen molar-refractivity contribution in [3.05, 3.63) is 41.9 Å². The summed E-state index contributed by atoms with van der Waals surface area (Å²) in [5.74, 6) is 0.216. The molecule has 1 atom stereocenters. The van der Waals surface area contributed by atoms with Crippen LogP contribution in [0.3, 0.4) is 0 Å². The van der Waals surface area contributed by atoms with Gasteiger partial charge in [-0.05, 0) is 25.0 Å². The molecule has 0 N–H and O–H groups in total. The molecule has 2 heterocycles. The zero-order chi connectivity index (χ0) is 10.7. The van der Waals surface area contributed by atoms with Crippen molar-refractivity contribution in [2.45, 2.75) is 19.3 Å². The summed E-state index contributed by atoms with van der Waals surface area (Å²) in [6.45, 7) is 2.24. The van der Waals surface area contributed by atoms with Crippen molar-refractivity contribution in [1.82, 2.24) is 4.98 Å².